The summed E-state index contributed by atoms with van der Waals surface area (Å²) >= 11 is 0. The van der Waals surface area contributed by atoms with E-state index in [0.717, 1.165) is 30.9 Å². The van der Waals surface area contributed by atoms with Gasteiger partial charge in [-0.1, -0.05) is 20.8 Å². The van der Waals surface area contributed by atoms with E-state index >= 15 is 4.39 Å². The lowest BCUT2D eigenvalue weighted by Gasteiger charge is -2.47. The Kier molecular flexibility index (Phi) is 7.85. The Morgan fingerprint density at radius 1 is 1.22 bits per heavy atom. The summed E-state index contributed by atoms with van der Waals surface area (Å²) in [6.07, 6.45) is 2.78. The predicted molar refractivity (Wildman–Crippen MR) is 134 cm³/mol. The van der Waals surface area contributed by atoms with Crippen LogP contribution < -0.4 is 15.4 Å². The highest BCUT2D eigenvalue weighted by Crippen LogP contribution is 2.49. The van der Waals surface area contributed by atoms with Crippen LogP contribution in [0.25, 0.3) is 0 Å². The number of halogens is 3. The highest BCUT2D eigenvalue weighted by molar-refractivity contribution is 5.73. The van der Waals surface area contributed by atoms with E-state index in [4.69, 9.17) is 4.74 Å². The van der Waals surface area contributed by atoms with Gasteiger partial charge in [0.25, 0.3) is 0 Å². The number of rotatable bonds is 8. The highest BCUT2D eigenvalue weighted by Gasteiger charge is 2.46. The van der Waals surface area contributed by atoms with Crippen LogP contribution in [0, 0.1) is 17.0 Å². The third kappa shape index (κ3) is 6.44. The first-order chi connectivity index (χ1) is 17.3. The van der Waals surface area contributed by atoms with E-state index in [2.05, 4.69) is 15.6 Å². The lowest BCUT2D eigenvalue weighted by Crippen LogP contribution is -2.52. The quantitative estimate of drug-likeness (QED) is 0.464. The van der Waals surface area contributed by atoms with Gasteiger partial charge in [-0.25, -0.2) is 18.2 Å². The van der Waals surface area contributed by atoms with Crippen LogP contribution >= 0.6 is 0 Å². The van der Waals surface area contributed by atoms with Crippen molar-refractivity contribution in [2.24, 2.45) is 5.41 Å². The number of carbonyl (C=O) groups excluding carboxylic acids is 1. The molecule has 2 heterocycles. The van der Waals surface area contributed by atoms with Crippen LogP contribution in [0.3, 0.4) is 0 Å². The summed E-state index contributed by atoms with van der Waals surface area (Å²) in [5.74, 6) is -1.34. The molecule has 1 aromatic carbocycles. The van der Waals surface area contributed by atoms with Gasteiger partial charge in [0.1, 0.15) is 23.4 Å². The number of aromatic nitrogens is 1. The van der Waals surface area contributed by atoms with Crippen molar-refractivity contribution in [1.82, 2.24) is 15.6 Å². The lowest BCUT2D eigenvalue weighted by molar-refractivity contribution is -0.120. The minimum Gasteiger partial charge on any atom is -0.471 e. The summed E-state index contributed by atoms with van der Waals surface area (Å²) in [7, 11) is 0. The number of nitrogens with one attached hydrogen (secondary N) is 2. The molecule has 2 aliphatic rings. The number of alkyl halides is 1. The molecule has 1 aromatic heterocycles. The minimum atomic E-state index is -1.22. The minimum absolute atomic E-state index is 0.0478. The number of carbonyl (C=O) groups is 1. The zero-order valence-electron chi connectivity index (χ0n) is 21.8. The van der Waals surface area contributed by atoms with Crippen LogP contribution in [0.2, 0.25) is 0 Å². The Morgan fingerprint density at radius 2 is 1.89 bits per heavy atom. The molecule has 1 saturated carbocycles. The summed E-state index contributed by atoms with van der Waals surface area (Å²) in [4.78, 5) is 16.3. The molecule has 1 aliphatic heterocycles. The van der Waals surface area contributed by atoms with E-state index in [1.807, 2.05) is 20.8 Å². The maximum atomic E-state index is 15.1. The molecule has 6 nitrogen and oxygen atoms in total. The molecule has 1 fully saturated rings. The van der Waals surface area contributed by atoms with Gasteiger partial charge in [-0.05, 0) is 54.9 Å². The summed E-state index contributed by atoms with van der Waals surface area (Å²) in [6.45, 7) is 6.90. The Balaban J connectivity index is 1.53. The standard InChI is InChI=1S/C28H36F3N3O3/c1-16(35)34-22(10-17-8-19(29)12-20(30)9-17)24(36)15-32-23-13-28(6-5-7-28)37-26-21(23)11-18(14-33-26)25(31)27(2,3)4/h8-9,11-12,14,22-25,32,36H,5-7,10,13,15H2,1-4H3,(H,34,35)/t22-,23-,24+,25-/m0/s1. The fraction of sp³-hybridized carbons (Fsp3) is 0.571. The summed E-state index contributed by atoms with van der Waals surface area (Å²) < 4.78 is 48.8. The molecule has 3 N–H and O–H groups in total. The Labute approximate surface area is 216 Å². The summed E-state index contributed by atoms with van der Waals surface area (Å²) in [5.41, 5.74) is 0.597. The molecule has 1 amide bonds. The zero-order valence-corrected chi connectivity index (χ0v) is 21.8. The van der Waals surface area contributed by atoms with Gasteiger partial charge in [0.2, 0.25) is 11.8 Å². The van der Waals surface area contributed by atoms with E-state index in [1.165, 1.54) is 25.3 Å². The number of aliphatic hydroxyl groups is 1. The third-order valence-corrected chi connectivity index (χ3v) is 7.29. The van der Waals surface area contributed by atoms with Gasteiger partial charge in [0.05, 0.1) is 12.1 Å². The second-order valence-corrected chi connectivity index (χ2v) is 11.6. The van der Waals surface area contributed by atoms with Crippen molar-refractivity contribution in [1.29, 1.82) is 0 Å². The number of amides is 1. The van der Waals surface area contributed by atoms with Gasteiger partial charge in [0.15, 0.2) is 0 Å². The van der Waals surface area contributed by atoms with E-state index < -0.39 is 35.4 Å². The molecule has 4 atom stereocenters. The smallest absolute Gasteiger partial charge is 0.218 e. The van der Waals surface area contributed by atoms with Crippen molar-refractivity contribution in [3.05, 3.63) is 58.8 Å². The van der Waals surface area contributed by atoms with Crippen molar-refractivity contribution < 1.29 is 27.8 Å². The van der Waals surface area contributed by atoms with Crippen LogP contribution in [0.4, 0.5) is 13.2 Å². The van der Waals surface area contributed by atoms with Crippen molar-refractivity contribution in [2.45, 2.75) is 89.8 Å². The average Bonchev–Trinajstić information content (AvgIpc) is 2.78. The van der Waals surface area contributed by atoms with Crippen LogP contribution in [0.15, 0.2) is 30.5 Å². The number of nitrogens with zero attached hydrogens (tertiary/aromatic N) is 1. The Hall–Kier alpha value is -2.65. The van der Waals surface area contributed by atoms with E-state index in [-0.39, 0.29) is 30.5 Å². The van der Waals surface area contributed by atoms with Gasteiger partial charge >= 0.3 is 0 Å². The van der Waals surface area contributed by atoms with Crippen LogP contribution in [0.5, 0.6) is 5.88 Å². The number of fused-ring (bicyclic) bond motifs is 1. The van der Waals surface area contributed by atoms with E-state index in [9.17, 15) is 18.7 Å². The largest absolute Gasteiger partial charge is 0.471 e. The normalized spacial score (nSPS) is 20.8. The second kappa shape index (κ2) is 10.6. The molecular weight excluding hydrogens is 483 g/mol. The molecule has 37 heavy (non-hydrogen) atoms. The first-order valence-electron chi connectivity index (χ1n) is 12.8. The van der Waals surface area contributed by atoms with Crippen LogP contribution in [0.1, 0.15) is 82.3 Å². The number of hydrogen-bond donors (Lipinski definition) is 3. The molecule has 0 saturated heterocycles. The summed E-state index contributed by atoms with van der Waals surface area (Å²) in [6, 6.07) is 3.91. The van der Waals surface area contributed by atoms with Gasteiger partial charge < -0.3 is 20.5 Å². The Bertz CT molecular complexity index is 1110. The third-order valence-electron chi connectivity index (χ3n) is 7.29. The van der Waals surface area contributed by atoms with Crippen LogP contribution in [-0.4, -0.2) is 40.3 Å². The number of benzene rings is 1. The van der Waals surface area contributed by atoms with Gasteiger partial charge in [0, 0.05) is 49.3 Å². The monoisotopic (exact) mass is 519 g/mol. The molecule has 202 valence electrons. The molecular formula is C28H36F3N3O3. The van der Waals surface area contributed by atoms with Crippen molar-refractivity contribution in [3.8, 4) is 5.88 Å². The molecule has 2 aromatic rings. The maximum absolute atomic E-state index is 15.1. The summed E-state index contributed by atoms with van der Waals surface area (Å²) in [5, 5.41) is 17.1. The van der Waals surface area contributed by atoms with Gasteiger partial charge in [-0.3, -0.25) is 4.79 Å². The predicted octanol–water partition coefficient (Wildman–Crippen LogP) is 4.86. The lowest BCUT2D eigenvalue weighted by atomic mass is 9.73. The van der Waals surface area contributed by atoms with Crippen molar-refractivity contribution in [2.75, 3.05) is 6.54 Å². The van der Waals surface area contributed by atoms with Crippen LogP contribution in [-0.2, 0) is 11.2 Å². The zero-order chi connectivity index (χ0) is 27.0. The van der Waals surface area contributed by atoms with E-state index in [0.29, 0.717) is 23.4 Å². The van der Waals surface area contributed by atoms with Gasteiger partial charge in [-0.15, -0.1) is 0 Å². The van der Waals surface area contributed by atoms with Crippen molar-refractivity contribution >= 4 is 5.91 Å². The first-order valence-corrected chi connectivity index (χ1v) is 12.8. The van der Waals surface area contributed by atoms with E-state index in [1.54, 1.807) is 6.07 Å². The Morgan fingerprint density at radius 3 is 2.46 bits per heavy atom. The first kappa shape index (κ1) is 27.4. The maximum Gasteiger partial charge on any atom is 0.218 e. The molecule has 0 radical (unpaired) electrons. The SMILES string of the molecule is CC(=O)N[C@@H](Cc1cc(F)cc(F)c1)[C@H](O)CN[C@H]1CC2(CCC2)Oc2ncc([C@H](F)C(C)(C)C)cc21. The molecule has 4 rings (SSSR count). The molecule has 0 unspecified atom stereocenters. The molecule has 1 spiro atoms. The number of pyridine rings is 1. The molecule has 0 bridgehead atoms. The fourth-order valence-corrected chi connectivity index (χ4v) is 5.18. The van der Waals surface area contributed by atoms with Gasteiger partial charge in [-0.2, -0.15) is 0 Å². The number of ether oxygens (including phenoxy) is 1. The number of hydrogen-bond acceptors (Lipinski definition) is 5. The fourth-order valence-electron chi connectivity index (χ4n) is 5.18. The molecule has 1 aliphatic carbocycles. The average molecular weight is 520 g/mol. The number of aliphatic hydroxyl groups excluding tert-OH is 1. The topological polar surface area (TPSA) is 83.5 Å². The molecule has 9 heteroatoms. The second-order valence-electron chi connectivity index (χ2n) is 11.6. The van der Waals surface area contributed by atoms with Crippen molar-refractivity contribution in [3.63, 3.8) is 0 Å². The highest BCUT2D eigenvalue weighted by atomic mass is 19.1.